The zero-order valence-corrected chi connectivity index (χ0v) is 24.1. The Kier molecular flexibility index (Phi) is 11.5. The maximum atomic E-state index is 13.4. The van der Waals surface area contributed by atoms with Crippen molar-refractivity contribution < 1.29 is 19.1 Å². The fraction of sp³-hybridized carbons (Fsp3) is 0.438. The molecule has 1 heterocycles. The van der Waals surface area contributed by atoms with Crippen molar-refractivity contribution in [3.8, 4) is 0 Å². The number of nitrogens with one attached hydrogen (secondary N) is 3. The molecule has 0 aliphatic carbocycles. The van der Waals surface area contributed by atoms with Crippen LogP contribution in [0.25, 0.3) is 0 Å². The predicted molar refractivity (Wildman–Crippen MR) is 156 cm³/mol. The van der Waals surface area contributed by atoms with Gasteiger partial charge in [0.1, 0.15) is 24.2 Å². The van der Waals surface area contributed by atoms with Gasteiger partial charge in [-0.2, -0.15) is 0 Å². The minimum Gasteiger partial charge on any atom is -0.445 e. The van der Waals surface area contributed by atoms with Crippen molar-refractivity contribution in [2.45, 2.75) is 78.5 Å². The van der Waals surface area contributed by atoms with Crippen LogP contribution in [0.5, 0.6) is 0 Å². The molecule has 0 saturated heterocycles. The summed E-state index contributed by atoms with van der Waals surface area (Å²) in [6, 6.07) is 18.5. The van der Waals surface area contributed by atoms with Crippen molar-refractivity contribution in [3.63, 3.8) is 0 Å². The van der Waals surface area contributed by atoms with E-state index in [4.69, 9.17) is 4.74 Å². The number of aromatic nitrogens is 2. The highest BCUT2D eigenvalue weighted by Gasteiger charge is 2.27. The molecule has 8 nitrogen and oxygen atoms in total. The number of amides is 2. The van der Waals surface area contributed by atoms with Gasteiger partial charge in [-0.05, 0) is 36.3 Å². The summed E-state index contributed by atoms with van der Waals surface area (Å²) in [5.74, 6) is 0.373. The second kappa shape index (κ2) is 15.0. The number of benzene rings is 2. The lowest BCUT2D eigenvalue weighted by Crippen LogP contribution is -2.52. The highest BCUT2D eigenvalue weighted by atomic mass is 16.5. The number of H-pyrrole nitrogens is 1. The normalized spacial score (nSPS) is 13.5. The summed E-state index contributed by atoms with van der Waals surface area (Å²) in [7, 11) is 0. The third-order valence-electron chi connectivity index (χ3n) is 6.91. The first kappa shape index (κ1) is 30.6. The monoisotopic (exact) mass is 546 g/mol. The standard InChI is InChI=1S/C32H42N4O4/c1-21(2)28(36-32(39)40-20-25-14-10-7-11-15-25)31(38)34-26(18-24-12-8-6-9-13-24)17-16-23(5)30-33-19-27(35-30)29(37)22(3)4/h6-15,19,21-23,26,28H,16-18,20H2,1-5H3,(H,33,35)(H,34,38)(H,36,39)/t23?,26-,28?/m1/s1. The number of nitrogens with zero attached hydrogens (tertiary/aromatic N) is 1. The number of hydrogen-bond acceptors (Lipinski definition) is 5. The molecular formula is C32H42N4O4. The molecule has 3 N–H and O–H groups in total. The van der Waals surface area contributed by atoms with Gasteiger partial charge in [0, 0.05) is 17.9 Å². The van der Waals surface area contributed by atoms with Gasteiger partial charge in [-0.15, -0.1) is 0 Å². The van der Waals surface area contributed by atoms with Crippen LogP contribution in [0.3, 0.4) is 0 Å². The van der Waals surface area contributed by atoms with Gasteiger partial charge in [-0.3, -0.25) is 9.59 Å². The lowest BCUT2D eigenvalue weighted by molar-refractivity contribution is -0.124. The predicted octanol–water partition coefficient (Wildman–Crippen LogP) is 5.81. The van der Waals surface area contributed by atoms with E-state index in [0.717, 1.165) is 23.4 Å². The van der Waals surface area contributed by atoms with E-state index in [1.165, 1.54) is 0 Å². The summed E-state index contributed by atoms with van der Waals surface area (Å²) in [6.07, 6.45) is 3.07. The van der Waals surface area contributed by atoms with Gasteiger partial charge in [-0.25, -0.2) is 9.78 Å². The highest BCUT2D eigenvalue weighted by molar-refractivity contribution is 5.95. The summed E-state index contributed by atoms with van der Waals surface area (Å²) in [5, 5.41) is 5.93. The van der Waals surface area contributed by atoms with Crippen molar-refractivity contribution >= 4 is 17.8 Å². The number of alkyl carbamates (subject to hydrolysis) is 1. The van der Waals surface area contributed by atoms with Crippen LogP contribution in [-0.2, 0) is 22.6 Å². The SMILES string of the molecule is CC(C)C(=O)c1cnc(C(C)CC[C@H](Cc2ccccc2)NC(=O)C(NC(=O)OCc2ccccc2)C(C)C)[nH]1. The molecule has 0 fully saturated rings. The van der Waals surface area contributed by atoms with E-state index in [1.54, 1.807) is 6.20 Å². The molecule has 1 aromatic heterocycles. The topological polar surface area (TPSA) is 113 Å². The Morgan fingerprint density at radius 1 is 0.850 bits per heavy atom. The molecule has 0 aliphatic heterocycles. The molecule has 0 spiro atoms. The van der Waals surface area contributed by atoms with Crippen molar-refractivity contribution in [1.82, 2.24) is 20.6 Å². The minimum absolute atomic E-state index is 0.0367. The molecule has 214 valence electrons. The molecular weight excluding hydrogens is 504 g/mol. The first-order chi connectivity index (χ1) is 19.1. The Hall–Kier alpha value is -3.94. The zero-order chi connectivity index (χ0) is 29.1. The molecule has 3 atom stereocenters. The smallest absolute Gasteiger partial charge is 0.408 e. The lowest BCUT2D eigenvalue weighted by Gasteiger charge is -2.26. The molecule has 3 aromatic rings. The highest BCUT2D eigenvalue weighted by Crippen LogP contribution is 2.21. The van der Waals surface area contributed by atoms with Gasteiger partial charge in [0.25, 0.3) is 0 Å². The van der Waals surface area contributed by atoms with E-state index < -0.39 is 12.1 Å². The zero-order valence-electron chi connectivity index (χ0n) is 24.1. The van der Waals surface area contributed by atoms with Crippen molar-refractivity contribution in [2.24, 2.45) is 11.8 Å². The van der Waals surface area contributed by atoms with Gasteiger partial charge in [0.2, 0.25) is 5.91 Å². The Labute approximate surface area is 237 Å². The first-order valence-corrected chi connectivity index (χ1v) is 14.0. The van der Waals surface area contributed by atoms with Gasteiger partial charge in [-0.1, -0.05) is 95.3 Å². The molecule has 0 radical (unpaired) electrons. The summed E-state index contributed by atoms with van der Waals surface area (Å²) in [6.45, 7) is 9.71. The van der Waals surface area contributed by atoms with E-state index in [9.17, 15) is 14.4 Å². The second-order valence-corrected chi connectivity index (χ2v) is 11.0. The van der Waals surface area contributed by atoms with Gasteiger partial charge >= 0.3 is 6.09 Å². The molecule has 2 amide bonds. The van der Waals surface area contributed by atoms with E-state index in [1.807, 2.05) is 88.4 Å². The fourth-order valence-electron chi connectivity index (χ4n) is 4.45. The third-order valence-corrected chi connectivity index (χ3v) is 6.91. The largest absolute Gasteiger partial charge is 0.445 e. The number of aromatic amines is 1. The second-order valence-electron chi connectivity index (χ2n) is 11.0. The minimum atomic E-state index is -0.742. The third kappa shape index (κ3) is 9.36. The Morgan fingerprint density at radius 3 is 2.08 bits per heavy atom. The number of carbonyl (C=O) groups excluding carboxylic acids is 3. The van der Waals surface area contributed by atoms with Crippen LogP contribution in [0.2, 0.25) is 0 Å². The average Bonchev–Trinajstić information content (AvgIpc) is 3.44. The molecule has 2 unspecified atom stereocenters. The number of Topliss-reactive ketones (excluding diaryl/α,β-unsaturated/α-hetero) is 1. The first-order valence-electron chi connectivity index (χ1n) is 14.0. The summed E-state index contributed by atoms with van der Waals surface area (Å²) in [5.41, 5.74) is 2.51. The Balaban J connectivity index is 1.64. The van der Waals surface area contributed by atoms with Crippen LogP contribution in [0.4, 0.5) is 4.79 Å². The van der Waals surface area contributed by atoms with Crippen molar-refractivity contribution in [1.29, 1.82) is 0 Å². The van der Waals surface area contributed by atoms with Crippen LogP contribution in [-0.4, -0.2) is 39.8 Å². The molecule has 40 heavy (non-hydrogen) atoms. The molecule has 2 aromatic carbocycles. The van der Waals surface area contributed by atoms with Crippen LogP contribution < -0.4 is 10.6 Å². The van der Waals surface area contributed by atoms with Crippen LogP contribution in [0, 0.1) is 11.8 Å². The summed E-state index contributed by atoms with van der Waals surface area (Å²) < 4.78 is 5.36. The maximum absolute atomic E-state index is 13.4. The molecule has 0 bridgehead atoms. The number of rotatable bonds is 14. The lowest BCUT2D eigenvalue weighted by atomic mass is 9.95. The Bertz CT molecular complexity index is 1220. The van der Waals surface area contributed by atoms with E-state index >= 15 is 0 Å². The number of carbonyl (C=O) groups is 3. The van der Waals surface area contributed by atoms with Gasteiger partial charge in [0.05, 0.1) is 6.20 Å². The number of ketones is 1. The van der Waals surface area contributed by atoms with E-state index in [0.29, 0.717) is 18.5 Å². The average molecular weight is 547 g/mol. The Morgan fingerprint density at radius 2 is 1.48 bits per heavy atom. The number of imidazole rings is 1. The summed E-state index contributed by atoms with van der Waals surface area (Å²) >= 11 is 0. The van der Waals surface area contributed by atoms with Crippen LogP contribution >= 0.6 is 0 Å². The molecule has 0 saturated carbocycles. The molecule has 8 heteroatoms. The van der Waals surface area contributed by atoms with E-state index in [2.05, 4.69) is 27.5 Å². The number of ether oxygens (including phenoxy) is 1. The van der Waals surface area contributed by atoms with Crippen molar-refractivity contribution in [2.75, 3.05) is 0 Å². The van der Waals surface area contributed by atoms with E-state index in [-0.39, 0.29) is 42.1 Å². The molecule has 0 aliphatic rings. The van der Waals surface area contributed by atoms with Crippen molar-refractivity contribution in [3.05, 3.63) is 89.5 Å². The molecule has 3 rings (SSSR count). The number of hydrogen-bond donors (Lipinski definition) is 3. The fourth-order valence-corrected chi connectivity index (χ4v) is 4.45. The van der Waals surface area contributed by atoms with Gasteiger partial charge < -0.3 is 20.4 Å². The van der Waals surface area contributed by atoms with Crippen LogP contribution in [0.1, 0.15) is 80.8 Å². The quantitative estimate of drug-likeness (QED) is 0.221. The summed E-state index contributed by atoms with van der Waals surface area (Å²) in [4.78, 5) is 45.9. The van der Waals surface area contributed by atoms with Gasteiger partial charge in [0.15, 0.2) is 5.78 Å². The maximum Gasteiger partial charge on any atom is 0.408 e. The van der Waals surface area contributed by atoms with Crippen LogP contribution in [0.15, 0.2) is 66.9 Å².